The fraction of sp³-hybridized carbons (Fsp3) is 1.00. The van der Waals surface area contributed by atoms with Crippen molar-refractivity contribution in [3.8, 4) is 0 Å². The van der Waals surface area contributed by atoms with Gasteiger partial charge in [0.05, 0.1) is 52.9 Å². The first-order chi connectivity index (χ1) is 41.9. The van der Waals surface area contributed by atoms with Crippen molar-refractivity contribution in [3.05, 3.63) is 0 Å². The lowest BCUT2D eigenvalue weighted by molar-refractivity contribution is -0.404. The minimum Gasteiger partial charge on any atom is -0.394 e. The van der Waals surface area contributed by atoms with E-state index in [0.29, 0.717) is 0 Å². The highest BCUT2D eigenvalue weighted by Gasteiger charge is 2.60. The summed E-state index contributed by atoms with van der Waals surface area (Å²) in [6.45, 7) is -8.64. The minimum atomic E-state index is -2.25. The Bertz CT molecular complexity index is 1700. The number of hydrogen-bond donors (Lipinski definition) is 24. The lowest BCUT2D eigenvalue weighted by Gasteiger charge is -2.50. The van der Waals surface area contributed by atoms with E-state index in [1.54, 1.807) is 0 Å². The zero-order chi connectivity index (χ0) is 64.1. The van der Waals surface area contributed by atoms with Crippen LogP contribution >= 0.6 is 0 Å². The van der Waals surface area contributed by atoms with Gasteiger partial charge in [-0.2, -0.15) is 0 Å². The molecule has 0 amide bonds. The second kappa shape index (κ2) is 30.0. The highest BCUT2D eigenvalue weighted by Crippen LogP contribution is 2.40. The second-order valence-electron chi connectivity index (χ2n) is 22.5. The maximum atomic E-state index is 11.4. The van der Waals surface area contributed by atoms with Crippen LogP contribution in [0.4, 0.5) is 0 Å². The first kappa shape index (κ1) is 70.7. The van der Waals surface area contributed by atoms with Crippen LogP contribution < -0.4 is 0 Å². The van der Waals surface area contributed by atoms with Gasteiger partial charge in [-0.3, -0.25) is 0 Å². The quantitative estimate of drug-likeness (QED) is 0.107. The summed E-state index contributed by atoms with van der Waals surface area (Å²) < 4.78 is 91.1. The summed E-state index contributed by atoms with van der Waals surface area (Å²) in [4.78, 5) is 0. The molecule has 16 bridgehead atoms. The number of ether oxygens (including phenoxy) is 16. The molecule has 30 fully saturated rings. The zero-order valence-corrected chi connectivity index (χ0v) is 46.0. The van der Waals surface area contributed by atoms with Gasteiger partial charge in [-0.05, 0) is 0 Å². The molecule has 40 atom stereocenters. The molecule has 0 radical (unpaired) electrons. The van der Waals surface area contributed by atoms with E-state index >= 15 is 0 Å². The fourth-order valence-corrected chi connectivity index (χ4v) is 11.9. The lowest BCUT2D eigenvalue weighted by Crippen LogP contribution is -2.69. The maximum absolute atomic E-state index is 11.4. The van der Waals surface area contributed by atoms with Gasteiger partial charge in [-0.15, -0.1) is 0 Å². The number of aliphatic hydroxyl groups excluding tert-OH is 24. The Kier molecular flexibility index (Phi) is 24.1. The molecule has 40 heteroatoms. The summed E-state index contributed by atoms with van der Waals surface area (Å²) in [5.74, 6) is 0. The van der Waals surface area contributed by atoms with Crippen molar-refractivity contribution in [2.45, 2.75) is 246 Å². The van der Waals surface area contributed by atoms with E-state index in [9.17, 15) is 123 Å². The zero-order valence-electron chi connectivity index (χ0n) is 46.0. The molecule has 0 aromatic rings. The van der Waals surface area contributed by atoms with Crippen LogP contribution in [0.1, 0.15) is 0 Å². The van der Waals surface area contributed by atoms with Gasteiger partial charge in [0.2, 0.25) is 0 Å². The van der Waals surface area contributed by atoms with E-state index in [4.69, 9.17) is 75.8 Å². The Morgan fingerprint density at radius 3 is 0.307 bits per heavy atom. The Balaban J connectivity index is 0.975. The predicted molar refractivity (Wildman–Crippen MR) is 261 cm³/mol. The lowest BCUT2D eigenvalue weighted by atomic mass is 9.94. The summed E-state index contributed by atoms with van der Waals surface area (Å²) in [5, 5.41) is 265. The van der Waals surface area contributed by atoms with E-state index in [1.165, 1.54) is 0 Å². The van der Waals surface area contributed by atoms with E-state index in [0.717, 1.165) is 0 Å². The first-order valence-electron chi connectivity index (χ1n) is 28.1. The summed E-state index contributed by atoms with van der Waals surface area (Å²) in [6, 6.07) is 0. The largest absolute Gasteiger partial charge is 0.394 e. The Morgan fingerprint density at radius 2 is 0.227 bits per heavy atom. The molecular weight excluding hydrogens is 1220 g/mol. The Labute approximate surface area is 496 Å². The fourth-order valence-electron chi connectivity index (χ4n) is 11.9. The average Bonchev–Trinajstić information content (AvgIpc) is 0.985. The van der Waals surface area contributed by atoms with Crippen LogP contribution in [0.3, 0.4) is 0 Å². The molecule has 0 aliphatic carbocycles. The van der Waals surface area contributed by atoms with Gasteiger partial charge >= 0.3 is 0 Å². The predicted octanol–water partition coefficient (Wildman–Crippen LogP) is -17.4. The van der Waals surface area contributed by atoms with Gasteiger partial charge in [0.1, 0.15) is 195 Å². The number of aliphatic hydroxyl groups is 24. The van der Waals surface area contributed by atoms with Crippen LogP contribution in [0.5, 0.6) is 0 Å². The molecular formula is C48H80O40. The number of hydrogen-bond acceptors (Lipinski definition) is 40. The molecule has 0 saturated carbocycles. The van der Waals surface area contributed by atoms with E-state index in [1.807, 2.05) is 0 Å². The Morgan fingerprint density at radius 1 is 0.136 bits per heavy atom. The van der Waals surface area contributed by atoms with Crippen molar-refractivity contribution in [1.82, 2.24) is 0 Å². The second-order valence-corrected chi connectivity index (χ2v) is 22.5. The molecule has 30 rings (SSSR count). The first-order valence-corrected chi connectivity index (χ1v) is 28.1. The van der Waals surface area contributed by atoms with Crippen molar-refractivity contribution < 1.29 is 198 Å². The van der Waals surface area contributed by atoms with Crippen LogP contribution in [-0.2, 0) is 75.8 Å². The highest BCUT2D eigenvalue weighted by molar-refractivity contribution is 5.02. The molecule has 30 heterocycles. The SMILES string of the molecule is OCC1OC2O[C@@H]3C(CO)O[C@H](O[C@@H]4C(CO)O[C@H](O[C@@H]5C(CO)O[C@H](O[C@@H]6C(CO)O[C@H](O[C@@H]7C(CO)O[C@H](O[C@@H]8C(CO)O[C@H](O[C@@H]9C(CO)OC(O[C@H]1[C@H](O)[C@@H]2O)[C@@H](O)[C@H]9O)C(O)[C@H]8O)C(O)[C@H]7O)C(O)[C@H]6O)C(O)[C@H]5O)C(O)[C@H]4O)C(O)[C@H]3O. The summed E-state index contributed by atoms with van der Waals surface area (Å²) in [7, 11) is 0. The van der Waals surface area contributed by atoms with Crippen LogP contribution in [-0.4, -0.2) is 421 Å². The normalized spacial score (nSPS) is 55.4. The molecule has 40 nitrogen and oxygen atoms in total. The van der Waals surface area contributed by atoms with Crippen LogP contribution in [0.15, 0.2) is 0 Å². The van der Waals surface area contributed by atoms with Crippen molar-refractivity contribution in [3.63, 3.8) is 0 Å². The standard InChI is InChI=1S/C48H80O40/c49-1-9-33-17(57)25(65)41(73-9)82-34-10(2-50)75-43(27(67)19(34)59)84-36-12(4-52)77-45(29(69)21(36)61)86-38-14(6-54)79-47(31(71)23(38)63)88-40-16(8-56)80-48(32(72)24(40)64)87-39-15(7-55)78-46(30(70)22(39)62)85-37-13(5-53)76-44(28(68)20(37)60)83-35-11(3-51)74-42(81-33)26(66)18(35)58/h9-72H,1-8H2/t9?,10?,11?,12?,13?,14?,15?,16?,17-,18-,19-,20-,21-,22-,23-,24-,25+,26+,27?,28?,29?,30?,31?,32?,33-,34-,35-,36-,37-,38-,39-,40-,41?,42?,43-,44-,45-,46-,47-,48-/m1/s1. The van der Waals surface area contributed by atoms with Crippen molar-refractivity contribution in [1.29, 1.82) is 0 Å². The maximum Gasteiger partial charge on any atom is 0.187 e. The summed E-state index contributed by atoms with van der Waals surface area (Å²) in [5.41, 5.74) is 0. The molecule has 16 unspecified atom stereocenters. The molecule has 30 saturated heterocycles. The third-order valence-corrected chi connectivity index (χ3v) is 16.9. The molecule has 88 heavy (non-hydrogen) atoms. The van der Waals surface area contributed by atoms with E-state index in [2.05, 4.69) is 0 Å². The molecule has 512 valence electrons. The average molecular weight is 1300 g/mol. The molecule has 24 N–H and O–H groups in total. The van der Waals surface area contributed by atoms with Gasteiger partial charge in [0.15, 0.2) is 50.3 Å². The third kappa shape index (κ3) is 13.8. The van der Waals surface area contributed by atoms with Crippen LogP contribution in [0.25, 0.3) is 0 Å². The topological polar surface area (TPSA) is 633 Å². The summed E-state index contributed by atoms with van der Waals surface area (Å²) >= 11 is 0. The summed E-state index contributed by atoms with van der Waals surface area (Å²) in [6.07, 6.45) is -82.0. The minimum absolute atomic E-state index is 1.08. The van der Waals surface area contributed by atoms with Crippen molar-refractivity contribution in [2.24, 2.45) is 0 Å². The monoisotopic (exact) mass is 1300 g/mol. The van der Waals surface area contributed by atoms with Gasteiger partial charge in [-0.25, -0.2) is 0 Å². The van der Waals surface area contributed by atoms with Crippen LogP contribution in [0, 0.1) is 0 Å². The van der Waals surface area contributed by atoms with E-state index < -0.39 is 299 Å². The molecule has 30 aliphatic rings. The van der Waals surface area contributed by atoms with Crippen LogP contribution in [0.2, 0.25) is 0 Å². The number of rotatable bonds is 8. The van der Waals surface area contributed by atoms with Gasteiger partial charge in [0.25, 0.3) is 0 Å². The van der Waals surface area contributed by atoms with Gasteiger partial charge < -0.3 is 198 Å². The van der Waals surface area contributed by atoms with Crippen molar-refractivity contribution >= 4 is 0 Å². The third-order valence-electron chi connectivity index (χ3n) is 16.9. The van der Waals surface area contributed by atoms with E-state index in [-0.39, 0.29) is 0 Å². The van der Waals surface area contributed by atoms with Crippen molar-refractivity contribution in [2.75, 3.05) is 52.9 Å². The highest BCUT2D eigenvalue weighted by atomic mass is 16.8. The molecule has 0 spiro atoms. The molecule has 30 aliphatic heterocycles. The molecule has 0 aromatic carbocycles. The Hall–Kier alpha value is -1.60. The van der Waals surface area contributed by atoms with Gasteiger partial charge in [0, 0.05) is 0 Å². The van der Waals surface area contributed by atoms with Gasteiger partial charge in [-0.1, -0.05) is 0 Å². The smallest absolute Gasteiger partial charge is 0.187 e. The molecule has 0 aromatic heterocycles.